The lowest BCUT2D eigenvalue weighted by molar-refractivity contribution is 0.0231. The van der Waals surface area contributed by atoms with Gasteiger partial charge in [0, 0.05) is 78.4 Å². The molecule has 1 aliphatic carbocycles. The van der Waals surface area contributed by atoms with Crippen LogP contribution in [-0.2, 0) is 25.2 Å². The van der Waals surface area contributed by atoms with Crippen molar-refractivity contribution in [3.05, 3.63) is 93.5 Å². The maximum Gasteiger partial charge on any atom is 0.340 e. The van der Waals surface area contributed by atoms with Gasteiger partial charge in [0.2, 0.25) is 0 Å². The molecule has 2 fully saturated rings. The van der Waals surface area contributed by atoms with Gasteiger partial charge in [-0.1, -0.05) is 58.6 Å². The number of hydrogen-bond acceptors (Lipinski definition) is 7. The average molecular weight is 666 g/mol. The van der Waals surface area contributed by atoms with Crippen LogP contribution in [0.15, 0.2) is 54.6 Å². The highest BCUT2D eigenvalue weighted by Gasteiger charge is 2.56. The SMILES string of the molecule is CCCCCCCOCCOCCNC(=O)c1ccc2c(c1)C1(OC2=O)c2ccc(N3CCC3)cc2C(C)(C)c2cc(N3CCC3)ccc21. The summed E-state index contributed by atoms with van der Waals surface area (Å²) in [5.74, 6) is -0.573. The van der Waals surface area contributed by atoms with E-state index in [0.29, 0.717) is 37.5 Å². The molecule has 3 aliphatic heterocycles. The Balaban J connectivity index is 1.12. The number of rotatable bonds is 15. The monoisotopic (exact) mass is 665 g/mol. The number of benzene rings is 3. The fourth-order valence-electron chi connectivity index (χ4n) is 7.82. The van der Waals surface area contributed by atoms with Crippen LogP contribution in [0.25, 0.3) is 0 Å². The molecule has 4 aliphatic rings. The summed E-state index contributed by atoms with van der Waals surface area (Å²) in [4.78, 5) is 32.0. The van der Waals surface area contributed by atoms with E-state index in [4.69, 9.17) is 14.2 Å². The number of amides is 1. The maximum atomic E-state index is 13.7. The second-order valence-corrected chi connectivity index (χ2v) is 14.5. The average Bonchev–Trinajstić information content (AvgIpc) is 3.34. The Bertz CT molecular complexity index is 1620. The molecule has 7 rings (SSSR count). The Morgan fingerprint density at radius 3 is 1.94 bits per heavy atom. The fraction of sp³-hybridized carbons (Fsp3) is 0.512. The number of carbonyl (C=O) groups excluding carboxylic acids is 2. The van der Waals surface area contributed by atoms with Crippen LogP contribution in [0.3, 0.4) is 0 Å². The van der Waals surface area contributed by atoms with Gasteiger partial charge < -0.3 is 29.3 Å². The molecular formula is C41H51N3O5. The predicted molar refractivity (Wildman–Crippen MR) is 193 cm³/mol. The first-order chi connectivity index (χ1) is 23.8. The first-order valence-electron chi connectivity index (χ1n) is 18.5. The van der Waals surface area contributed by atoms with E-state index in [1.165, 1.54) is 49.9 Å². The third-order valence-electron chi connectivity index (χ3n) is 11.0. The van der Waals surface area contributed by atoms with E-state index in [9.17, 15) is 9.59 Å². The van der Waals surface area contributed by atoms with Crippen LogP contribution >= 0.6 is 0 Å². The smallest absolute Gasteiger partial charge is 0.340 e. The summed E-state index contributed by atoms with van der Waals surface area (Å²) in [5, 5.41) is 3.00. The van der Waals surface area contributed by atoms with Gasteiger partial charge in [0.1, 0.15) is 0 Å². The molecule has 0 radical (unpaired) electrons. The minimum atomic E-state index is -1.15. The molecule has 49 heavy (non-hydrogen) atoms. The number of ether oxygens (including phenoxy) is 3. The molecule has 0 atom stereocenters. The van der Waals surface area contributed by atoms with E-state index >= 15 is 0 Å². The highest BCUT2D eigenvalue weighted by Crippen LogP contribution is 2.57. The van der Waals surface area contributed by atoms with Crippen LogP contribution in [0, 0.1) is 0 Å². The predicted octanol–water partition coefficient (Wildman–Crippen LogP) is 6.94. The molecule has 3 aromatic carbocycles. The molecule has 260 valence electrons. The number of hydrogen-bond donors (Lipinski definition) is 1. The largest absolute Gasteiger partial charge is 0.441 e. The summed E-state index contributed by atoms with van der Waals surface area (Å²) in [7, 11) is 0. The van der Waals surface area contributed by atoms with Gasteiger partial charge in [0.15, 0.2) is 5.60 Å². The molecule has 0 aromatic heterocycles. The Morgan fingerprint density at radius 1 is 0.735 bits per heavy atom. The van der Waals surface area contributed by atoms with Gasteiger partial charge >= 0.3 is 5.97 Å². The normalized spacial score (nSPS) is 17.9. The third-order valence-corrected chi connectivity index (χ3v) is 11.0. The van der Waals surface area contributed by atoms with Crippen molar-refractivity contribution in [2.45, 2.75) is 76.7 Å². The van der Waals surface area contributed by atoms with E-state index in [0.717, 1.165) is 67.0 Å². The van der Waals surface area contributed by atoms with Crippen molar-refractivity contribution in [3.63, 3.8) is 0 Å². The number of nitrogens with one attached hydrogen (secondary N) is 1. The van der Waals surface area contributed by atoms with Gasteiger partial charge in [-0.15, -0.1) is 0 Å². The number of anilines is 2. The van der Waals surface area contributed by atoms with Crippen LogP contribution in [0.4, 0.5) is 11.4 Å². The van der Waals surface area contributed by atoms with E-state index in [1.54, 1.807) is 12.1 Å². The molecule has 3 heterocycles. The van der Waals surface area contributed by atoms with Crippen molar-refractivity contribution >= 4 is 23.3 Å². The van der Waals surface area contributed by atoms with Gasteiger partial charge in [0.25, 0.3) is 5.91 Å². The summed E-state index contributed by atoms with van der Waals surface area (Å²) < 4.78 is 18.0. The molecule has 8 heteroatoms. The van der Waals surface area contributed by atoms with Crippen molar-refractivity contribution in [2.75, 3.05) is 69.0 Å². The number of carbonyl (C=O) groups is 2. The zero-order chi connectivity index (χ0) is 34.0. The zero-order valence-corrected chi connectivity index (χ0v) is 29.4. The molecule has 1 spiro atoms. The summed E-state index contributed by atoms with van der Waals surface area (Å²) in [5.41, 5.74) is 6.86. The number of fused-ring (bicyclic) bond motifs is 6. The van der Waals surface area contributed by atoms with Gasteiger partial charge in [-0.25, -0.2) is 4.79 Å². The lowest BCUT2D eigenvalue weighted by Crippen LogP contribution is -2.43. The van der Waals surface area contributed by atoms with E-state index < -0.39 is 5.60 Å². The first kappa shape index (κ1) is 33.6. The van der Waals surface area contributed by atoms with E-state index in [1.807, 2.05) is 6.07 Å². The molecule has 0 unspecified atom stereocenters. The van der Waals surface area contributed by atoms with Gasteiger partial charge in [-0.05, 0) is 72.9 Å². The molecular weight excluding hydrogens is 614 g/mol. The summed E-state index contributed by atoms with van der Waals surface area (Å²) in [6.07, 6.45) is 8.48. The molecule has 3 aromatic rings. The zero-order valence-electron chi connectivity index (χ0n) is 29.4. The van der Waals surface area contributed by atoms with Gasteiger partial charge in [-0.2, -0.15) is 0 Å². The number of nitrogens with zero attached hydrogens (tertiary/aromatic N) is 2. The van der Waals surface area contributed by atoms with Crippen LogP contribution < -0.4 is 15.1 Å². The van der Waals surface area contributed by atoms with Gasteiger partial charge in [0.05, 0.1) is 25.4 Å². The second kappa shape index (κ2) is 14.2. The molecule has 2 saturated heterocycles. The van der Waals surface area contributed by atoms with Crippen molar-refractivity contribution < 1.29 is 23.8 Å². The third kappa shape index (κ3) is 6.23. The second-order valence-electron chi connectivity index (χ2n) is 14.5. The van der Waals surface area contributed by atoms with Crippen molar-refractivity contribution in [1.29, 1.82) is 0 Å². The van der Waals surface area contributed by atoms with Crippen molar-refractivity contribution in [1.82, 2.24) is 5.32 Å². The minimum absolute atomic E-state index is 0.206. The quantitative estimate of drug-likeness (QED) is 0.139. The van der Waals surface area contributed by atoms with Crippen LogP contribution in [0.2, 0.25) is 0 Å². The summed E-state index contributed by atoms with van der Waals surface area (Å²) >= 11 is 0. The standard InChI is InChI=1S/C41H51N3O5/c1-4-5-6-7-8-22-47-24-25-48-23-17-42-38(45)29-11-14-32-35(26-29)41(49-39(32)46)33-15-12-30(43-18-9-19-43)27-36(33)40(2,3)37-28-31(13-16-34(37)41)44-20-10-21-44/h11-16,26-28H,4-10,17-25H2,1-3H3,(H,42,45). The Hall–Kier alpha value is -3.88. The van der Waals surface area contributed by atoms with Crippen molar-refractivity contribution in [3.8, 4) is 0 Å². The van der Waals surface area contributed by atoms with E-state index in [-0.39, 0.29) is 17.3 Å². The van der Waals surface area contributed by atoms with Crippen molar-refractivity contribution in [2.24, 2.45) is 0 Å². The molecule has 8 nitrogen and oxygen atoms in total. The van der Waals surface area contributed by atoms with Crippen LogP contribution in [0.5, 0.6) is 0 Å². The Morgan fingerprint density at radius 2 is 1.35 bits per heavy atom. The topological polar surface area (TPSA) is 80.3 Å². The number of esters is 1. The lowest BCUT2D eigenvalue weighted by Gasteiger charge is -2.46. The molecule has 1 amide bonds. The fourth-order valence-corrected chi connectivity index (χ4v) is 7.82. The molecule has 1 N–H and O–H groups in total. The minimum Gasteiger partial charge on any atom is -0.441 e. The van der Waals surface area contributed by atoms with Gasteiger partial charge in [-0.3, -0.25) is 4.79 Å². The lowest BCUT2D eigenvalue weighted by atomic mass is 9.61. The van der Waals surface area contributed by atoms with E-state index in [2.05, 4.69) is 72.3 Å². The maximum absolute atomic E-state index is 13.7. The molecule has 0 saturated carbocycles. The summed E-state index contributed by atoms with van der Waals surface area (Å²) in [6.45, 7) is 13.6. The Labute approximate surface area is 291 Å². The number of unbranched alkanes of at least 4 members (excludes halogenated alkanes) is 4. The Kier molecular flexibility index (Phi) is 9.71. The molecule has 0 bridgehead atoms. The van der Waals surface area contributed by atoms with Crippen LogP contribution in [0.1, 0.15) is 114 Å². The summed E-state index contributed by atoms with van der Waals surface area (Å²) in [6, 6.07) is 18.6. The highest BCUT2D eigenvalue weighted by atomic mass is 16.6. The highest BCUT2D eigenvalue weighted by molar-refractivity contribution is 6.00. The first-order valence-corrected chi connectivity index (χ1v) is 18.5. The van der Waals surface area contributed by atoms with Crippen LogP contribution in [-0.4, -0.2) is 71.0 Å².